The Labute approximate surface area is 128 Å². The average Bonchev–Trinajstić information content (AvgIpc) is 2.92. The molecule has 3 aromatic rings. The third-order valence-corrected chi connectivity index (χ3v) is 3.73. The Kier molecular flexibility index (Phi) is 3.83. The van der Waals surface area contributed by atoms with Gasteiger partial charge in [-0.15, -0.1) is 0 Å². The fourth-order valence-corrected chi connectivity index (χ4v) is 2.61. The van der Waals surface area contributed by atoms with Gasteiger partial charge < -0.3 is 10.3 Å². The van der Waals surface area contributed by atoms with E-state index < -0.39 is 0 Å². The topological polar surface area (TPSA) is 71.0 Å². The first-order valence-electron chi connectivity index (χ1n) is 7.19. The fourth-order valence-electron chi connectivity index (χ4n) is 2.61. The van der Waals surface area contributed by atoms with Crippen LogP contribution in [0, 0.1) is 10.1 Å². The van der Waals surface area contributed by atoms with E-state index in [1.165, 1.54) is 10.9 Å². The number of hydrogen-bond donors (Lipinski definition) is 2. The summed E-state index contributed by atoms with van der Waals surface area (Å²) in [6, 6.07) is 13.4. The highest BCUT2D eigenvalue weighted by molar-refractivity contribution is 6.32. The molecule has 3 rings (SSSR count). The van der Waals surface area contributed by atoms with Crippen LogP contribution in [-0.2, 0) is 6.42 Å². The van der Waals surface area contributed by atoms with Crippen molar-refractivity contribution in [1.82, 2.24) is 4.98 Å². The Hall–Kier alpha value is -2.76. The molecule has 110 valence electrons. The second-order valence-electron chi connectivity index (χ2n) is 5.31. The summed E-state index contributed by atoms with van der Waals surface area (Å²) in [4.78, 5) is 14.0. The SMILES string of the molecule is Bc1ccc(NCCc2c[nH]c3ccccc23)c([N+](=O)[O-])c1. The summed E-state index contributed by atoms with van der Waals surface area (Å²) < 4.78 is 0. The van der Waals surface area contributed by atoms with Crippen molar-refractivity contribution in [3.05, 3.63) is 64.3 Å². The molecule has 0 aliphatic rings. The molecule has 0 unspecified atom stereocenters. The van der Waals surface area contributed by atoms with Crippen LogP contribution in [-0.4, -0.2) is 24.3 Å². The van der Waals surface area contributed by atoms with Gasteiger partial charge in [0.05, 0.1) is 4.92 Å². The predicted octanol–water partition coefficient (Wildman–Crippen LogP) is 1.99. The smallest absolute Gasteiger partial charge is 0.291 e. The molecule has 6 heteroatoms. The van der Waals surface area contributed by atoms with E-state index in [1.54, 1.807) is 12.1 Å². The van der Waals surface area contributed by atoms with Gasteiger partial charge in [0, 0.05) is 29.7 Å². The fraction of sp³-hybridized carbons (Fsp3) is 0.125. The Morgan fingerprint density at radius 3 is 2.86 bits per heavy atom. The van der Waals surface area contributed by atoms with Crippen molar-refractivity contribution in [3.8, 4) is 0 Å². The lowest BCUT2D eigenvalue weighted by atomic mass is 9.95. The van der Waals surface area contributed by atoms with E-state index in [4.69, 9.17) is 0 Å². The molecule has 0 atom stereocenters. The van der Waals surface area contributed by atoms with Crippen LogP contribution in [0.25, 0.3) is 10.9 Å². The Morgan fingerprint density at radius 1 is 1.23 bits per heavy atom. The van der Waals surface area contributed by atoms with Crippen molar-refractivity contribution in [3.63, 3.8) is 0 Å². The monoisotopic (exact) mass is 293 g/mol. The summed E-state index contributed by atoms with van der Waals surface area (Å²) in [6.07, 6.45) is 2.80. The zero-order valence-electron chi connectivity index (χ0n) is 12.3. The Balaban J connectivity index is 1.72. The number of nitro groups is 1. The molecule has 0 bridgehead atoms. The molecule has 2 N–H and O–H groups in total. The Bertz CT molecular complexity index is 829. The van der Waals surface area contributed by atoms with E-state index in [0.717, 1.165) is 17.4 Å². The highest BCUT2D eigenvalue weighted by atomic mass is 16.6. The second-order valence-corrected chi connectivity index (χ2v) is 5.31. The van der Waals surface area contributed by atoms with Crippen molar-refractivity contribution < 1.29 is 4.92 Å². The standard InChI is InChI=1S/C16H16BN3O2/c17-12-5-6-15(16(9-12)20(21)22)18-8-7-11-10-19-14-4-2-1-3-13(11)14/h1-6,9-10,18-19H,7-8,17H2. The molecule has 0 saturated heterocycles. The molecule has 0 fully saturated rings. The zero-order chi connectivity index (χ0) is 15.5. The van der Waals surface area contributed by atoms with Crippen molar-refractivity contribution in [2.45, 2.75) is 6.42 Å². The molecular weight excluding hydrogens is 277 g/mol. The van der Waals surface area contributed by atoms with Crippen molar-refractivity contribution in [2.75, 3.05) is 11.9 Å². The third kappa shape index (κ3) is 2.81. The quantitative estimate of drug-likeness (QED) is 0.429. The molecule has 0 radical (unpaired) electrons. The molecule has 5 nitrogen and oxygen atoms in total. The third-order valence-electron chi connectivity index (χ3n) is 3.73. The number of aromatic nitrogens is 1. The van der Waals surface area contributed by atoms with E-state index in [2.05, 4.69) is 16.4 Å². The number of H-pyrrole nitrogens is 1. The molecule has 2 aromatic carbocycles. The van der Waals surface area contributed by atoms with E-state index in [0.29, 0.717) is 12.2 Å². The van der Waals surface area contributed by atoms with Gasteiger partial charge in [0.2, 0.25) is 0 Å². The lowest BCUT2D eigenvalue weighted by Gasteiger charge is -2.07. The normalized spacial score (nSPS) is 10.7. The molecule has 0 saturated carbocycles. The van der Waals surface area contributed by atoms with Crippen LogP contribution < -0.4 is 10.8 Å². The van der Waals surface area contributed by atoms with Crippen molar-refractivity contribution in [2.24, 2.45) is 0 Å². The summed E-state index contributed by atoms with van der Waals surface area (Å²) in [6.45, 7) is 0.645. The average molecular weight is 293 g/mol. The van der Waals surface area contributed by atoms with E-state index in [-0.39, 0.29) is 10.6 Å². The summed E-state index contributed by atoms with van der Waals surface area (Å²) in [7, 11) is 1.85. The largest absolute Gasteiger partial charge is 0.379 e. The number of aromatic amines is 1. The number of hydrogen-bond acceptors (Lipinski definition) is 3. The number of rotatable bonds is 5. The number of anilines is 1. The second kappa shape index (κ2) is 5.93. The number of fused-ring (bicyclic) bond motifs is 1. The minimum atomic E-state index is -0.346. The molecule has 0 amide bonds. The number of nitrogens with zero attached hydrogens (tertiary/aromatic N) is 1. The van der Waals surface area contributed by atoms with Gasteiger partial charge in [-0.3, -0.25) is 10.1 Å². The van der Waals surface area contributed by atoms with Gasteiger partial charge in [0.1, 0.15) is 13.5 Å². The van der Waals surface area contributed by atoms with Gasteiger partial charge in [-0.1, -0.05) is 29.7 Å². The summed E-state index contributed by atoms with van der Waals surface area (Å²) in [5.74, 6) is 0. The maximum absolute atomic E-state index is 11.1. The number of para-hydroxylation sites is 1. The molecule has 0 aliphatic heterocycles. The van der Waals surface area contributed by atoms with Crippen LogP contribution in [0.2, 0.25) is 0 Å². The van der Waals surface area contributed by atoms with Gasteiger partial charge in [-0.05, 0) is 24.1 Å². The number of nitro benzene ring substituents is 1. The van der Waals surface area contributed by atoms with Gasteiger partial charge in [-0.2, -0.15) is 0 Å². The summed E-state index contributed by atoms with van der Waals surface area (Å²) in [5, 5.41) is 15.5. The highest BCUT2D eigenvalue weighted by Crippen LogP contribution is 2.23. The lowest BCUT2D eigenvalue weighted by Crippen LogP contribution is -2.10. The molecular formula is C16H16BN3O2. The first kappa shape index (κ1) is 14.2. The van der Waals surface area contributed by atoms with Gasteiger partial charge in [0.15, 0.2) is 0 Å². The molecule has 1 aromatic heterocycles. The maximum atomic E-state index is 11.1. The van der Waals surface area contributed by atoms with E-state index in [9.17, 15) is 10.1 Å². The van der Waals surface area contributed by atoms with Crippen LogP contribution in [0.1, 0.15) is 5.56 Å². The Morgan fingerprint density at radius 2 is 2.05 bits per heavy atom. The lowest BCUT2D eigenvalue weighted by molar-refractivity contribution is -0.383. The minimum absolute atomic E-state index is 0.124. The minimum Gasteiger partial charge on any atom is -0.379 e. The van der Waals surface area contributed by atoms with E-state index in [1.807, 2.05) is 38.3 Å². The summed E-state index contributed by atoms with van der Waals surface area (Å²) in [5.41, 5.74) is 3.89. The van der Waals surface area contributed by atoms with Crippen LogP contribution >= 0.6 is 0 Å². The van der Waals surface area contributed by atoms with Crippen LogP contribution in [0.15, 0.2) is 48.7 Å². The van der Waals surface area contributed by atoms with Crippen LogP contribution in [0.3, 0.4) is 0 Å². The van der Waals surface area contributed by atoms with Crippen molar-refractivity contribution in [1.29, 1.82) is 0 Å². The molecule has 1 heterocycles. The molecule has 0 aliphatic carbocycles. The first-order valence-corrected chi connectivity index (χ1v) is 7.19. The number of nitrogens with one attached hydrogen (secondary N) is 2. The number of benzene rings is 2. The van der Waals surface area contributed by atoms with Gasteiger partial charge in [0.25, 0.3) is 5.69 Å². The first-order chi connectivity index (χ1) is 10.6. The molecule has 22 heavy (non-hydrogen) atoms. The highest BCUT2D eigenvalue weighted by Gasteiger charge is 2.13. The van der Waals surface area contributed by atoms with Gasteiger partial charge in [-0.25, -0.2) is 0 Å². The summed E-state index contributed by atoms with van der Waals surface area (Å²) >= 11 is 0. The van der Waals surface area contributed by atoms with Crippen LogP contribution in [0.5, 0.6) is 0 Å². The zero-order valence-corrected chi connectivity index (χ0v) is 12.3. The predicted molar refractivity (Wildman–Crippen MR) is 91.8 cm³/mol. The van der Waals surface area contributed by atoms with Crippen molar-refractivity contribution >= 4 is 35.6 Å². The van der Waals surface area contributed by atoms with E-state index >= 15 is 0 Å². The van der Waals surface area contributed by atoms with Crippen LogP contribution in [0.4, 0.5) is 11.4 Å². The van der Waals surface area contributed by atoms with Gasteiger partial charge >= 0.3 is 0 Å². The molecule has 0 spiro atoms. The maximum Gasteiger partial charge on any atom is 0.291 e.